The van der Waals surface area contributed by atoms with Gasteiger partial charge in [-0.05, 0) is 54.7 Å². The van der Waals surface area contributed by atoms with E-state index < -0.39 is 0 Å². The predicted molar refractivity (Wildman–Crippen MR) is 96.8 cm³/mol. The standard InChI is InChI=1S/C18H22N2O2S/c1-22-17-12-14(8-10-16(17)21)11-15(20-18(19)23)9-7-13-5-3-2-4-6-13/h2-6,8,10,12,15,21H,7,9,11H2,1H3,(H3,19,20,23). The number of phenols is 1. The molecule has 122 valence electrons. The Morgan fingerprint density at radius 3 is 2.61 bits per heavy atom. The molecule has 1 unspecified atom stereocenters. The lowest BCUT2D eigenvalue weighted by Gasteiger charge is -2.19. The van der Waals surface area contributed by atoms with Crippen LogP contribution in [0.3, 0.4) is 0 Å². The number of aromatic hydroxyl groups is 1. The minimum atomic E-state index is 0.127. The van der Waals surface area contributed by atoms with Crippen molar-refractivity contribution in [3.8, 4) is 11.5 Å². The number of thiocarbonyl (C=S) groups is 1. The van der Waals surface area contributed by atoms with Crippen molar-refractivity contribution in [2.75, 3.05) is 7.11 Å². The molecule has 1 atom stereocenters. The summed E-state index contributed by atoms with van der Waals surface area (Å²) in [6, 6.07) is 15.8. The molecule has 0 aliphatic carbocycles. The van der Waals surface area contributed by atoms with Crippen LogP contribution in [0.2, 0.25) is 0 Å². The van der Waals surface area contributed by atoms with Gasteiger partial charge in [0.25, 0.3) is 0 Å². The van der Waals surface area contributed by atoms with Crippen molar-refractivity contribution in [3.05, 3.63) is 59.7 Å². The summed E-state index contributed by atoms with van der Waals surface area (Å²) in [5.41, 5.74) is 7.99. The number of benzene rings is 2. The monoisotopic (exact) mass is 330 g/mol. The SMILES string of the molecule is COc1cc(CC(CCc2ccccc2)NC(N)=S)ccc1O. The van der Waals surface area contributed by atoms with Crippen molar-refractivity contribution in [2.45, 2.75) is 25.3 Å². The number of nitrogens with one attached hydrogen (secondary N) is 1. The minimum absolute atomic E-state index is 0.127. The maximum Gasteiger partial charge on any atom is 0.163 e. The van der Waals surface area contributed by atoms with Crippen molar-refractivity contribution >= 4 is 17.3 Å². The number of phenolic OH excluding ortho intramolecular Hbond substituents is 1. The average Bonchev–Trinajstić information content (AvgIpc) is 2.55. The number of aryl methyl sites for hydroxylation is 1. The van der Waals surface area contributed by atoms with E-state index in [9.17, 15) is 5.11 Å². The highest BCUT2D eigenvalue weighted by Gasteiger charge is 2.12. The Balaban J connectivity index is 2.04. The average molecular weight is 330 g/mol. The van der Waals surface area contributed by atoms with Crippen LogP contribution in [0.25, 0.3) is 0 Å². The molecule has 0 aliphatic rings. The third kappa shape index (κ3) is 5.45. The second-order valence-corrected chi connectivity index (χ2v) is 5.88. The summed E-state index contributed by atoms with van der Waals surface area (Å²) in [5.74, 6) is 0.610. The molecule has 0 heterocycles. The first kappa shape index (κ1) is 17.1. The highest BCUT2D eigenvalue weighted by Crippen LogP contribution is 2.27. The van der Waals surface area contributed by atoms with Gasteiger partial charge in [-0.2, -0.15) is 0 Å². The normalized spacial score (nSPS) is 11.7. The van der Waals surface area contributed by atoms with Gasteiger partial charge in [0.05, 0.1) is 7.11 Å². The Morgan fingerprint density at radius 1 is 1.22 bits per heavy atom. The van der Waals surface area contributed by atoms with E-state index in [0.29, 0.717) is 10.9 Å². The summed E-state index contributed by atoms with van der Waals surface area (Å²) >= 11 is 4.99. The van der Waals surface area contributed by atoms with Crippen molar-refractivity contribution in [1.29, 1.82) is 0 Å². The molecular formula is C18H22N2O2S. The first-order valence-electron chi connectivity index (χ1n) is 7.54. The number of ether oxygens (including phenoxy) is 1. The maximum atomic E-state index is 9.69. The number of nitrogens with two attached hydrogens (primary N) is 1. The summed E-state index contributed by atoms with van der Waals surface area (Å²) in [6.45, 7) is 0. The summed E-state index contributed by atoms with van der Waals surface area (Å²) in [7, 11) is 1.54. The molecule has 0 saturated heterocycles. The maximum absolute atomic E-state index is 9.69. The number of hydrogen-bond donors (Lipinski definition) is 3. The molecule has 2 aromatic carbocycles. The zero-order chi connectivity index (χ0) is 16.7. The fourth-order valence-electron chi connectivity index (χ4n) is 2.55. The molecule has 2 rings (SSSR count). The van der Waals surface area contributed by atoms with E-state index in [1.807, 2.05) is 30.3 Å². The van der Waals surface area contributed by atoms with Crippen LogP contribution in [0.4, 0.5) is 0 Å². The number of methoxy groups -OCH3 is 1. The van der Waals surface area contributed by atoms with Gasteiger partial charge in [-0.1, -0.05) is 36.4 Å². The van der Waals surface area contributed by atoms with Crippen LogP contribution in [-0.4, -0.2) is 23.4 Å². The van der Waals surface area contributed by atoms with Gasteiger partial charge in [0.15, 0.2) is 16.6 Å². The fraction of sp³-hybridized carbons (Fsp3) is 0.278. The lowest BCUT2D eigenvalue weighted by Crippen LogP contribution is -2.40. The Bertz CT molecular complexity index is 647. The van der Waals surface area contributed by atoms with Crippen LogP contribution in [0.1, 0.15) is 17.5 Å². The molecule has 0 saturated carbocycles. The molecule has 5 heteroatoms. The largest absolute Gasteiger partial charge is 0.504 e. The first-order valence-corrected chi connectivity index (χ1v) is 7.95. The van der Waals surface area contributed by atoms with E-state index in [2.05, 4.69) is 17.4 Å². The van der Waals surface area contributed by atoms with Crippen molar-refractivity contribution in [3.63, 3.8) is 0 Å². The zero-order valence-corrected chi connectivity index (χ0v) is 14.0. The van der Waals surface area contributed by atoms with E-state index in [0.717, 1.165) is 24.8 Å². The Hall–Kier alpha value is -2.27. The van der Waals surface area contributed by atoms with Gasteiger partial charge in [-0.25, -0.2) is 0 Å². The molecule has 0 fully saturated rings. The van der Waals surface area contributed by atoms with E-state index in [1.165, 1.54) is 5.56 Å². The van der Waals surface area contributed by atoms with Gasteiger partial charge >= 0.3 is 0 Å². The number of hydrogen-bond acceptors (Lipinski definition) is 3. The summed E-state index contributed by atoms with van der Waals surface area (Å²) < 4.78 is 5.16. The van der Waals surface area contributed by atoms with Crippen LogP contribution >= 0.6 is 12.2 Å². The van der Waals surface area contributed by atoms with Gasteiger partial charge in [0.2, 0.25) is 0 Å². The van der Waals surface area contributed by atoms with Crippen molar-refractivity contribution in [2.24, 2.45) is 5.73 Å². The second-order valence-electron chi connectivity index (χ2n) is 5.44. The summed E-state index contributed by atoms with van der Waals surface area (Å²) in [5, 5.41) is 13.1. The van der Waals surface area contributed by atoms with Gasteiger partial charge < -0.3 is 20.9 Å². The predicted octanol–water partition coefficient (Wildman–Crippen LogP) is 2.78. The topological polar surface area (TPSA) is 67.5 Å². The van der Waals surface area contributed by atoms with Gasteiger partial charge in [0.1, 0.15) is 0 Å². The zero-order valence-electron chi connectivity index (χ0n) is 13.2. The third-order valence-corrected chi connectivity index (χ3v) is 3.81. The summed E-state index contributed by atoms with van der Waals surface area (Å²) in [6.07, 6.45) is 2.60. The molecule has 0 radical (unpaired) electrons. The lowest BCUT2D eigenvalue weighted by atomic mass is 9.99. The third-order valence-electron chi connectivity index (χ3n) is 3.70. The number of rotatable bonds is 7. The van der Waals surface area contributed by atoms with Gasteiger partial charge in [-0.15, -0.1) is 0 Å². The molecule has 23 heavy (non-hydrogen) atoms. The molecule has 0 bridgehead atoms. The van der Waals surface area contributed by atoms with Gasteiger partial charge in [0, 0.05) is 6.04 Å². The van der Waals surface area contributed by atoms with Crippen LogP contribution in [-0.2, 0) is 12.8 Å². The molecular weight excluding hydrogens is 308 g/mol. The van der Waals surface area contributed by atoms with E-state index >= 15 is 0 Å². The Labute approximate surface area is 142 Å². The highest BCUT2D eigenvalue weighted by atomic mass is 32.1. The van der Waals surface area contributed by atoms with Crippen LogP contribution in [0.5, 0.6) is 11.5 Å². The fourth-order valence-corrected chi connectivity index (χ4v) is 2.71. The Kier molecular flexibility index (Phi) is 6.23. The molecule has 4 nitrogen and oxygen atoms in total. The lowest BCUT2D eigenvalue weighted by molar-refractivity contribution is 0.372. The van der Waals surface area contributed by atoms with Crippen molar-refractivity contribution < 1.29 is 9.84 Å². The first-order chi connectivity index (χ1) is 11.1. The molecule has 4 N–H and O–H groups in total. The molecule has 0 aromatic heterocycles. The van der Waals surface area contributed by atoms with Crippen LogP contribution < -0.4 is 15.8 Å². The quantitative estimate of drug-likeness (QED) is 0.681. The molecule has 2 aromatic rings. The van der Waals surface area contributed by atoms with Crippen molar-refractivity contribution in [1.82, 2.24) is 5.32 Å². The summed E-state index contributed by atoms with van der Waals surface area (Å²) in [4.78, 5) is 0. The smallest absolute Gasteiger partial charge is 0.163 e. The molecule has 0 amide bonds. The van der Waals surface area contributed by atoms with E-state index in [1.54, 1.807) is 13.2 Å². The van der Waals surface area contributed by atoms with Crippen LogP contribution in [0.15, 0.2) is 48.5 Å². The van der Waals surface area contributed by atoms with E-state index in [-0.39, 0.29) is 11.8 Å². The minimum Gasteiger partial charge on any atom is -0.504 e. The Morgan fingerprint density at radius 2 is 1.96 bits per heavy atom. The highest BCUT2D eigenvalue weighted by molar-refractivity contribution is 7.80. The van der Waals surface area contributed by atoms with Gasteiger partial charge in [-0.3, -0.25) is 0 Å². The van der Waals surface area contributed by atoms with Crippen LogP contribution in [0, 0.1) is 0 Å². The van der Waals surface area contributed by atoms with E-state index in [4.69, 9.17) is 22.7 Å². The second kappa shape index (κ2) is 8.39. The molecule has 0 aliphatic heterocycles. The molecule has 0 spiro atoms.